The van der Waals surface area contributed by atoms with Gasteiger partial charge in [-0.25, -0.2) is 0 Å². The summed E-state index contributed by atoms with van der Waals surface area (Å²) in [5.74, 6) is 0. The van der Waals surface area contributed by atoms with Gasteiger partial charge in [0.25, 0.3) is 0 Å². The van der Waals surface area contributed by atoms with Gasteiger partial charge in [0.05, 0.1) is 19.3 Å². The average molecular weight is 229 g/mol. The van der Waals surface area contributed by atoms with Gasteiger partial charge in [0.2, 0.25) is 0 Å². The van der Waals surface area contributed by atoms with Gasteiger partial charge in [-0.15, -0.1) is 0 Å². The SMILES string of the molecule is OCC1(CN2CCCC(O)C2)CCCOC1. The molecule has 0 aromatic carbocycles. The number of ether oxygens (including phenoxy) is 1. The van der Waals surface area contributed by atoms with Crippen molar-refractivity contribution in [3.8, 4) is 0 Å². The van der Waals surface area contributed by atoms with Crippen molar-refractivity contribution < 1.29 is 14.9 Å². The van der Waals surface area contributed by atoms with Crippen LogP contribution in [0.4, 0.5) is 0 Å². The summed E-state index contributed by atoms with van der Waals surface area (Å²) in [6.07, 6.45) is 3.87. The first-order valence-corrected chi connectivity index (χ1v) is 6.33. The van der Waals surface area contributed by atoms with Gasteiger partial charge in [-0.05, 0) is 32.2 Å². The minimum atomic E-state index is -0.186. The van der Waals surface area contributed by atoms with Crippen LogP contribution in [-0.2, 0) is 4.74 Å². The molecule has 2 atom stereocenters. The highest BCUT2D eigenvalue weighted by Crippen LogP contribution is 2.30. The summed E-state index contributed by atoms with van der Waals surface area (Å²) in [5, 5.41) is 19.2. The van der Waals surface area contributed by atoms with Crippen molar-refractivity contribution in [2.75, 3.05) is 39.5 Å². The Labute approximate surface area is 97.2 Å². The van der Waals surface area contributed by atoms with Crippen molar-refractivity contribution in [1.82, 2.24) is 4.90 Å². The Balaban J connectivity index is 1.89. The Morgan fingerprint density at radius 1 is 1.38 bits per heavy atom. The fraction of sp³-hybridized carbons (Fsp3) is 1.00. The van der Waals surface area contributed by atoms with E-state index in [-0.39, 0.29) is 18.1 Å². The molecule has 0 saturated carbocycles. The second-order valence-corrected chi connectivity index (χ2v) is 5.35. The highest BCUT2D eigenvalue weighted by Gasteiger charge is 2.35. The second kappa shape index (κ2) is 5.45. The fourth-order valence-electron chi connectivity index (χ4n) is 2.86. The number of hydrogen-bond donors (Lipinski definition) is 2. The molecule has 94 valence electrons. The van der Waals surface area contributed by atoms with Gasteiger partial charge in [0, 0.05) is 25.1 Å². The predicted octanol–water partition coefficient (Wildman–Crippen LogP) is 0.232. The Kier molecular flexibility index (Phi) is 4.19. The molecule has 16 heavy (non-hydrogen) atoms. The van der Waals surface area contributed by atoms with E-state index in [2.05, 4.69) is 4.90 Å². The largest absolute Gasteiger partial charge is 0.396 e. The summed E-state index contributed by atoms with van der Waals surface area (Å²) >= 11 is 0. The van der Waals surface area contributed by atoms with E-state index >= 15 is 0 Å². The smallest absolute Gasteiger partial charge is 0.0667 e. The second-order valence-electron chi connectivity index (χ2n) is 5.35. The van der Waals surface area contributed by atoms with Crippen molar-refractivity contribution >= 4 is 0 Å². The van der Waals surface area contributed by atoms with Gasteiger partial charge in [0.1, 0.15) is 0 Å². The number of hydrogen-bond acceptors (Lipinski definition) is 4. The van der Waals surface area contributed by atoms with E-state index in [4.69, 9.17) is 4.74 Å². The number of aliphatic hydroxyl groups is 2. The van der Waals surface area contributed by atoms with Gasteiger partial charge in [-0.2, -0.15) is 0 Å². The van der Waals surface area contributed by atoms with Crippen LogP contribution in [0.5, 0.6) is 0 Å². The van der Waals surface area contributed by atoms with Gasteiger partial charge in [-0.1, -0.05) is 0 Å². The molecule has 2 saturated heterocycles. The third-order valence-corrected chi connectivity index (χ3v) is 3.78. The van der Waals surface area contributed by atoms with Gasteiger partial charge < -0.3 is 19.8 Å². The van der Waals surface area contributed by atoms with Crippen LogP contribution in [0.25, 0.3) is 0 Å². The summed E-state index contributed by atoms with van der Waals surface area (Å²) < 4.78 is 5.50. The number of likely N-dealkylation sites (tertiary alicyclic amines) is 1. The molecule has 0 aromatic rings. The molecule has 0 aromatic heterocycles. The highest BCUT2D eigenvalue weighted by molar-refractivity contribution is 4.86. The molecule has 4 nitrogen and oxygen atoms in total. The average Bonchev–Trinajstić information content (AvgIpc) is 2.30. The van der Waals surface area contributed by atoms with Crippen LogP contribution >= 0.6 is 0 Å². The third kappa shape index (κ3) is 2.94. The molecule has 0 spiro atoms. The van der Waals surface area contributed by atoms with Crippen LogP contribution < -0.4 is 0 Å². The number of piperidine rings is 1. The Hall–Kier alpha value is -0.160. The number of rotatable bonds is 3. The molecule has 2 heterocycles. The first kappa shape index (κ1) is 12.3. The summed E-state index contributed by atoms with van der Waals surface area (Å²) in [4.78, 5) is 2.28. The molecule has 2 N–H and O–H groups in total. The zero-order chi connectivity index (χ0) is 11.4. The van der Waals surface area contributed by atoms with Gasteiger partial charge >= 0.3 is 0 Å². The predicted molar refractivity (Wildman–Crippen MR) is 61.3 cm³/mol. The first-order valence-electron chi connectivity index (χ1n) is 6.33. The topological polar surface area (TPSA) is 52.9 Å². The molecular weight excluding hydrogens is 206 g/mol. The van der Waals surface area contributed by atoms with E-state index in [1.165, 1.54) is 0 Å². The summed E-state index contributed by atoms with van der Waals surface area (Å²) in [5.41, 5.74) is -0.0880. The lowest BCUT2D eigenvalue weighted by molar-refractivity contribution is -0.0645. The minimum Gasteiger partial charge on any atom is -0.396 e. The van der Waals surface area contributed by atoms with Gasteiger partial charge in [-0.3, -0.25) is 0 Å². The molecule has 0 radical (unpaired) electrons. The van der Waals surface area contributed by atoms with Crippen molar-refractivity contribution in [2.45, 2.75) is 31.8 Å². The van der Waals surface area contributed by atoms with Gasteiger partial charge in [0.15, 0.2) is 0 Å². The van der Waals surface area contributed by atoms with Crippen molar-refractivity contribution in [3.05, 3.63) is 0 Å². The molecule has 2 rings (SSSR count). The number of β-amino-alcohol motifs (C(OH)–C–C–N with tert-alkyl or cyclic N) is 1. The van der Waals surface area contributed by atoms with E-state index in [0.29, 0.717) is 6.61 Å². The van der Waals surface area contributed by atoms with Crippen molar-refractivity contribution in [3.63, 3.8) is 0 Å². The Bertz CT molecular complexity index is 216. The van der Waals surface area contributed by atoms with Crippen LogP contribution in [0.2, 0.25) is 0 Å². The summed E-state index contributed by atoms with van der Waals surface area (Å²) in [6, 6.07) is 0. The minimum absolute atomic E-state index is 0.0880. The monoisotopic (exact) mass is 229 g/mol. The highest BCUT2D eigenvalue weighted by atomic mass is 16.5. The van der Waals surface area contributed by atoms with E-state index in [9.17, 15) is 10.2 Å². The maximum absolute atomic E-state index is 9.63. The van der Waals surface area contributed by atoms with Crippen LogP contribution in [0, 0.1) is 5.41 Å². The van der Waals surface area contributed by atoms with Crippen LogP contribution in [0.15, 0.2) is 0 Å². The molecule has 2 unspecified atom stereocenters. The van der Waals surface area contributed by atoms with Crippen molar-refractivity contribution in [1.29, 1.82) is 0 Å². The van der Waals surface area contributed by atoms with E-state index in [0.717, 1.165) is 51.9 Å². The summed E-state index contributed by atoms with van der Waals surface area (Å²) in [7, 11) is 0. The van der Waals surface area contributed by atoms with Crippen LogP contribution in [-0.4, -0.2) is 60.7 Å². The third-order valence-electron chi connectivity index (χ3n) is 3.78. The first-order chi connectivity index (χ1) is 7.74. The lowest BCUT2D eigenvalue weighted by Crippen LogP contribution is -2.49. The molecule has 0 bridgehead atoms. The molecule has 2 fully saturated rings. The molecule has 4 heteroatoms. The molecule has 0 aliphatic carbocycles. The zero-order valence-electron chi connectivity index (χ0n) is 9.90. The summed E-state index contributed by atoms with van der Waals surface area (Å²) in [6.45, 7) is 4.33. The van der Waals surface area contributed by atoms with E-state index < -0.39 is 0 Å². The van der Waals surface area contributed by atoms with E-state index in [1.54, 1.807) is 0 Å². The maximum atomic E-state index is 9.63. The Morgan fingerprint density at radius 3 is 2.88 bits per heavy atom. The van der Waals surface area contributed by atoms with Crippen LogP contribution in [0.1, 0.15) is 25.7 Å². The maximum Gasteiger partial charge on any atom is 0.0667 e. The van der Waals surface area contributed by atoms with Crippen molar-refractivity contribution in [2.24, 2.45) is 5.41 Å². The number of aliphatic hydroxyl groups excluding tert-OH is 2. The Morgan fingerprint density at radius 2 is 2.25 bits per heavy atom. The molecule has 0 amide bonds. The zero-order valence-corrected chi connectivity index (χ0v) is 9.90. The normalized spacial score (nSPS) is 37.5. The lowest BCUT2D eigenvalue weighted by Gasteiger charge is -2.41. The number of nitrogens with zero attached hydrogens (tertiary/aromatic N) is 1. The standard InChI is InChI=1S/C12H23NO3/c14-9-12(4-2-6-16-10-12)8-13-5-1-3-11(15)7-13/h11,14-15H,1-10H2. The van der Waals surface area contributed by atoms with E-state index in [1.807, 2.05) is 0 Å². The molecular formula is C12H23NO3. The van der Waals surface area contributed by atoms with Crippen LogP contribution in [0.3, 0.4) is 0 Å². The lowest BCUT2D eigenvalue weighted by atomic mass is 9.82. The molecule has 2 aliphatic rings. The quantitative estimate of drug-likeness (QED) is 0.727. The molecule has 2 aliphatic heterocycles. The fourth-order valence-corrected chi connectivity index (χ4v) is 2.86.